The summed E-state index contributed by atoms with van der Waals surface area (Å²) in [6.45, 7) is 1.99. The summed E-state index contributed by atoms with van der Waals surface area (Å²) in [4.78, 5) is 22.7. The molecule has 0 unspecified atom stereocenters. The van der Waals surface area contributed by atoms with Crippen molar-refractivity contribution in [3.8, 4) is 0 Å². The van der Waals surface area contributed by atoms with E-state index in [0.717, 1.165) is 0 Å². The molecule has 0 aliphatic heterocycles. The third-order valence-corrected chi connectivity index (χ3v) is 2.88. The van der Waals surface area contributed by atoms with E-state index in [4.69, 9.17) is 40.2 Å². The lowest BCUT2D eigenvalue weighted by Gasteiger charge is -2.10. The van der Waals surface area contributed by atoms with Gasteiger partial charge < -0.3 is 15.4 Å². The predicted octanol–water partition coefficient (Wildman–Crippen LogP) is 3.15. The van der Waals surface area contributed by atoms with Gasteiger partial charge in [-0.25, -0.2) is 0 Å². The Balaban J connectivity index is 2.42. The lowest BCUT2D eigenvalue weighted by Crippen LogP contribution is -2.34. The van der Waals surface area contributed by atoms with Gasteiger partial charge in [0, 0.05) is 22.2 Å². The summed E-state index contributed by atoms with van der Waals surface area (Å²) in [5.74, 6) is -0.804. The molecule has 8 heteroatoms. The van der Waals surface area contributed by atoms with E-state index in [0.29, 0.717) is 15.7 Å². The Morgan fingerprint density at radius 3 is 2.38 bits per heavy atom. The number of halogens is 2. The zero-order chi connectivity index (χ0) is 15.8. The van der Waals surface area contributed by atoms with Gasteiger partial charge in [-0.2, -0.15) is 0 Å². The Kier molecular flexibility index (Phi) is 7.42. The summed E-state index contributed by atoms with van der Waals surface area (Å²) in [5, 5.41) is 6.22. The molecule has 0 aliphatic carbocycles. The molecule has 2 N–H and O–H groups in total. The molecule has 0 heterocycles. The van der Waals surface area contributed by atoms with Gasteiger partial charge >= 0.3 is 5.97 Å². The number of esters is 1. The van der Waals surface area contributed by atoms with Crippen LogP contribution in [0.15, 0.2) is 18.2 Å². The molecule has 1 amide bonds. The second-order valence-corrected chi connectivity index (χ2v) is 5.25. The topological polar surface area (TPSA) is 67.4 Å². The third-order valence-electron chi connectivity index (χ3n) is 2.23. The van der Waals surface area contributed by atoms with Crippen LogP contribution in [0.1, 0.15) is 19.8 Å². The summed E-state index contributed by atoms with van der Waals surface area (Å²) in [7, 11) is 0. The maximum atomic E-state index is 11.6. The molecule has 114 valence electrons. The van der Waals surface area contributed by atoms with Crippen molar-refractivity contribution in [2.45, 2.75) is 19.8 Å². The Labute approximate surface area is 137 Å². The summed E-state index contributed by atoms with van der Waals surface area (Å²) in [6.07, 6.45) is 0.00222. The Bertz CT molecular complexity index is 532. The second-order valence-electron chi connectivity index (χ2n) is 3.97. The van der Waals surface area contributed by atoms with Crippen LogP contribution in [0.3, 0.4) is 0 Å². The molecule has 1 aromatic carbocycles. The van der Waals surface area contributed by atoms with E-state index >= 15 is 0 Å². The lowest BCUT2D eigenvalue weighted by molar-refractivity contribution is -0.144. The third kappa shape index (κ3) is 7.27. The number of rotatable bonds is 5. The maximum Gasteiger partial charge on any atom is 0.306 e. The van der Waals surface area contributed by atoms with Crippen LogP contribution >= 0.6 is 35.4 Å². The molecular formula is C13H14Cl2N2O3S. The van der Waals surface area contributed by atoms with Crippen LogP contribution in [0, 0.1) is 0 Å². The normalized spacial score (nSPS) is 9.86. The lowest BCUT2D eigenvalue weighted by atomic mass is 10.3. The fourth-order valence-corrected chi connectivity index (χ4v) is 2.18. The van der Waals surface area contributed by atoms with Crippen molar-refractivity contribution in [2.24, 2.45) is 0 Å². The van der Waals surface area contributed by atoms with E-state index < -0.39 is 5.97 Å². The molecule has 0 radical (unpaired) electrons. The van der Waals surface area contributed by atoms with E-state index in [-0.39, 0.29) is 30.5 Å². The van der Waals surface area contributed by atoms with Crippen LogP contribution in [0.4, 0.5) is 5.69 Å². The SMILES string of the molecule is CCOC(=O)CCC(=O)NC(=S)Nc1cc(Cl)cc(Cl)c1. The fourth-order valence-electron chi connectivity index (χ4n) is 1.43. The number of nitrogens with one attached hydrogen (secondary N) is 2. The number of carbonyl (C=O) groups excluding carboxylic acids is 2. The van der Waals surface area contributed by atoms with Crippen molar-refractivity contribution < 1.29 is 14.3 Å². The molecule has 1 rings (SSSR count). The molecule has 0 atom stereocenters. The number of ether oxygens (including phenoxy) is 1. The highest BCUT2D eigenvalue weighted by Gasteiger charge is 2.09. The number of amides is 1. The van der Waals surface area contributed by atoms with Crippen LogP contribution in [0.25, 0.3) is 0 Å². The van der Waals surface area contributed by atoms with Gasteiger partial charge in [-0.05, 0) is 37.3 Å². The average molecular weight is 349 g/mol. The fraction of sp³-hybridized carbons (Fsp3) is 0.308. The molecular weight excluding hydrogens is 335 g/mol. The Morgan fingerprint density at radius 2 is 1.81 bits per heavy atom. The van der Waals surface area contributed by atoms with E-state index in [2.05, 4.69) is 10.6 Å². The monoisotopic (exact) mass is 348 g/mol. The Morgan fingerprint density at radius 1 is 1.19 bits per heavy atom. The number of benzene rings is 1. The van der Waals surface area contributed by atoms with Crippen molar-refractivity contribution in [2.75, 3.05) is 11.9 Å². The van der Waals surface area contributed by atoms with Gasteiger partial charge in [-0.15, -0.1) is 0 Å². The zero-order valence-corrected chi connectivity index (χ0v) is 13.6. The van der Waals surface area contributed by atoms with Crippen molar-refractivity contribution >= 4 is 58.1 Å². The first-order valence-electron chi connectivity index (χ1n) is 6.13. The molecule has 0 saturated carbocycles. The predicted molar refractivity (Wildman–Crippen MR) is 86.7 cm³/mol. The largest absolute Gasteiger partial charge is 0.466 e. The summed E-state index contributed by atoms with van der Waals surface area (Å²) >= 11 is 16.7. The number of thiocarbonyl (C=S) groups is 1. The summed E-state index contributed by atoms with van der Waals surface area (Å²) in [5.41, 5.74) is 0.559. The Hall–Kier alpha value is -1.37. The van der Waals surface area contributed by atoms with Crippen molar-refractivity contribution in [1.82, 2.24) is 5.32 Å². The van der Waals surface area contributed by atoms with Gasteiger partial charge in [0.2, 0.25) is 5.91 Å². The van der Waals surface area contributed by atoms with E-state index in [9.17, 15) is 9.59 Å². The van der Waals surface area contributed by atoms with E-state index in [1.54, 1.807) is 25.1 Å². The first kappa shape index (κ1) is 17.7. The summed E-state index contributed by atoms with van der Waals surface area (Å²) in [6, 6.07) is 4.81. The highest BCUT2D eigenvalue weighted by Crippen LogP contribution is 2.22. The van der Waals surface area contributed by atoms with E-state index in [1.807, 2.05) is 0 Å². The minimum Gasteiger partial charge on any atom is -0.466 e. The van der Waals surface area contributed by atoms with Crippen LogP contribution < -0.4 is 10.6 Å². The van der Waals surface area contributed by atoms with Crippen molar-refractivity contribution in [3.05, 3.63) is 28.2 Å². The summed E-state index contributed by atoms with van der Waals surface area (Å²) < 4.78 is 4.72. The second kappa shape index (κ2) is 8.81. The standard InChI is InChI=1S/C13H14Cl2N2O3S/c1-2-20-12(19)4-3-11(18)17-13(21)16-10-6-8(14)5-9(15)7-10/h5-7H,2-4H2,1H3,(H2,16,17,18,21). The van der Waals surface area contributed by atoms with Crippen LogP contribution in [-0.2, 0) is 14.3 Å². The van der Waals surface area contributed by atoms with E-state index in [1.165, 1.54) is 0 Å². The molecule has 21 heavy (non-hydrogen) atoms. The number of anilines is 1. The average Bonchev–Trinajstić information content (AvgIpc) is 2.35. The molecule has 1 aromatic rings. The van der Waals surface area contributed by atoms with Crippen LogP contribution in [-0.4, -0.2) is 23.6 Å². The molecule has 0 aliphatic rings. The van der Waals surface area contributed by atoms with Crippen molar-refractivity contribution in [3.63, 3.8) is 0 Å². The molecule has 0 fully saturated rings. The molecule has 0 aromatic heterocycles. The van der Waals surface area contributed by atoms with Crippen molar-refractivity contribution in [1.29, 1.82) is 0 Å². The minimum atomic E-state index is -0.423. The maximum absolute atomic E-state index is 11.6. The van der Waals surface area contributed by atoms with Gasteiger partial charge in [0.25, 0.3) is 0 Å². The van der Waals surface area contributed by atoms with Gasteiger partial charge in [0.05, 0.1) is 13.0 Å². The molecule has 0 spiro atoms. The minimum absolute atomic E-state index is 0.00302. The van der Waals surface area contributed by atoms with Crippen LogP contribution in [0.5, 0.6) is 0 Å². The van der Waals surface area contributed by atoms with Crippen LogP contribution in [0.2, 0.25) is 10.0 Å². The highest BCUT2D eigenvalue weighted by molar-refractivity contribution is 7.80. The van der Waals surface area contributed by atoms with Gasteiger partial charge in [-0.3, -0.25) is 9.59 Å². The van der Waals surface area contributed by atoms with Gasteiger partial charge in [0.15, 0.2) is 5.11 Å². The molecule has 0 saturated heterocycles. The van der Waals surface area contributed by atoms with Gasteiger partial charge in [-0.1, -0.05) is 23.2 Å². The first-order chi connectivity index (χ1) is 9.90. The zero-order valence-electron chi connectivity index (χ0n) is 11.2. The molecule has 0 bridgehead atoms. The van der Waals surface area contributed by atoms with Gasteiger partial charge in [0.1, 0.15) is 0 Å². The highest BCUT2D eigenvalue weighted by atomic mass is 35.5. The smallest absolute Gasteiger partial charge is 0.306 e. The number of hydrogen-bond donors (Lipinski definition) is 2. The number of hydrogen-bond acceptors (Lipinski definition) is 4. The quantitative estimate of drug-likeness (QED) is 0.631. The first-order valence-corrected chi connectivity index (χ1v) is 7.29. The molecule has 5 nitrogen and oxygen atoms in total. The number of carbonyl (C=O) groups is 2.